The van der Waals surface area contributed by atoms with E-state index < -0.39 is 11.9 Å². The van der Waals surface area contributed by atoms with Crippen molar-refractivity contribution in [2.24, 2.45) is 0 Å². The molecule has 0 spiro atoms. The number of hydrogen-bond donors (Lipinski definition) is 1. The van der Waals surface area contributed by atoms with Crippen LogP contribution >= 0.6 is 0 Å². The van der Waals surface area contributed by atoms with Crippen molar-refractivity contribution in [2.75, 3.05) is 7.11 Å². The number of benzene rings is 2. The molecule has 0 amide bonds. The van der Waals surface area contributed by atoms with Gasteiger partial charge >= 0.3 is 11.9 Å². The van der Waals surface area contributed by atoms with Crippen molar-refractivity contribution in [1.82, 2.24) is 9.97 Å². The van der Waals surface area contributed by atoms with Crippen LogP contribution in [0.4, 0.5) is 0 Å². The van der Waals surface area contributed by atoms with E-state index in [0.717, 1.165) is 34.2 Å². The summed E-state index contributed by atoms with van der Waals surface area (Å²) in [6.07, 6.45) is 13.3. The summed E-state index contributed by atoms with van der Waals surface area (Å²) in [6.45, 7) is 1.97. The summed E-state index contributed by atoms with van der Waals surface area (Å²) in [4.78, 5) is 32.7. The minimum atomic E-state index is -0.980. The first-order valence-electron chi connectivity index (χ1n) is 10.9. The number of hydrogen-bond acceptors (Lipinski definition) is 5. The average molecular weight is 453 g/mol. The predicted molar refractivity (Wildman–Crippen MR) is 132 cm³/mol. The van der Waals surface area contributed by atoms with Crippen LogP contribution in [-0.4, -0.2) is 34.1 Å². The normalized spacial score (nSPS) is 15.7. The number of nitrogens with zero attached hydrogens (tertiary/aromatic N) is 2. The molecule has 1 heterocycles. The van der Waals surface area contributed by atoms with Crippen molar-refractivity contribution in [1.29, 1.82) is 0 Å². The molecule has 3 aromatic rings. The van der Waals surface area contributed by atoms with Gasteiger partial charge in [0, 0.05) is 17.6 Å². The Morgan fingerprint density at radius 3 is 2.50 bits per heavy atom. The highest BCUT2D eigenvalue weighted by Crippen LogP contribution is 2.34. The van der Waals surface area contributed by atoms with E-state index in [9.17, 15) is 9.59 Å². The van der Waals surface area contributed by atoms with E-state index in [4.69, 9.17) is 19.8 Å². The number of carbonyl (C=O) groups is 2. The van der Waals surface area contributed by atoms with E-state index >= 15 is 0 Å². The molecule has 2 aromatic carbocycles. The zero-order chi connectivity index (χ0) is 24.1. The van der Waals surface area contributed by atoms with Gasteiger partial charge in [-0.2, -0.15) is 0 Å². The molecule has 1 atom stereocenters. The number of carboxylic acid groups (broad SMARTS) is 1. The van der Waals surface area contributed by atoms with Crippen molar-refractivity contribution < 1.29 is 19.4 Å². The number of carboxylic acids is 1. The van der Waals surface area contributed by atoms with Gasteiger partial charge in [0.1, 0.15) is 0 Å². The maximum Gasteiger partial charge on any atom is 0.337 e. The van der Waals surface area contributed by atoms with Crippen LogP contribution < -0.4 is 0 Å². The van der Waals surface area contributed by atoms with Crippen LogP contribution in [-0.2, 0) is 9.53 Å². The van der Waals surface area contributed by atoms with Gasteiger partial charge < -0.3 is 9.84 Å². The third-order valence-electron chi connectivity index (χ3n) is 5.55. The molecule has 6 nitrogen and oxygen atoms in total. The van der Waals surface area contributed by atoms with Crippen LogP contribution in [0.25, 0.3) is 28.4 Å². The first-order valence-corrected chi connectivity index (χ1v) is 10.9. The van der Waals surface area contributed by atoms with E-state index in [0.29, 0.717) is 23.0 Å². The van der Waals surface area contributed by atoms with Gasteiger partial charge in [-0.1, -0.05) is 54.6 Å². The molecule has 0 fully saturated rings. The molecule has 1 unspecified atom stereocenters. The van der Waals surface area contributed by atoms with Gasteiger partial charge in [0.25, 0.3) is 0 Å². The summed E-state index contributed by atoms with van der Waals surface area (Å²) in [7, 11) is 1.35. The number of aromatic nitrogens is 2. The lowest BCUT2D eigenvalue weighted by atomic mass is 9.90. The Hall–Kier alpha value is -4.32. The number of carbonyl (C=O) groups excluding carboxylic acids is 1. The monoisotopic (exact) mass is 452 g/mol. The maximum atomic E-state index is 12.0. The number of ether oxygens (including phenoxy) is 1. The number of methoxy groups -OCH3 is 1. The minimum absolute atomic E-state index is 0.0237. The number of aliphatic carboxylic acids is 1. The second-order valence-electron chi connectivity index (χ2n) is 7.85. The highest BCUT2D eigenvalue weighted by molar-refractivity contribution is 5.94. The first kappa shape index (κ1) is 22.9. The molecular weight excluding hydrogens is 428 g/mol. The summed E-state index contributed by atoms with van der Waals surface area (Å²) in [5.74, 6) is -1.43. The summed E-state index contributed by atoms with van der Waals surface area (Å²) in [6, 6.07) is 13.2. The lowest BCUT2D eigenvalue weighted by Gasteiger charge is -2.19. The molecule has 34 heavy (non-hydrogen) atoms. The number of esters is 1. The zero-order valence-corrected chi connectivity index (χ0v) is 18.9. The van der Waals surface area contributed by atoms with Crippen molar-refractivity contribution in [2.45, 2.75) is 19.3 Å². The number of rotatable bonds is 6. The van der Waals surface area contributed by atoms with Crippen molar-refractivity contribution in [3.63, 3.8) is 0 Å². The minimum Gasteiger partial charge on any atom is -0.478 e. The summed E-state index contributed by atoms with van der Waals surface area (Å²) in [5, 5.41) is 8.87. The standard InChI is InChI=1S/C28H24N2O4/c1-3-4-18-5-10-21(11-6-18)27-26(20-12-7-19(8-13-20)9-16-25(31)32)29-23-15-14-22(28(33)34-2)17-24(23)30-27/h3-12,14-17,20H,13H2,1-2H3,(H,31,32)/b4-3+,16-9+. The Kier molecular flexibility index (Phi) is 6.78. The van der Waals surface area contributed by atoms with Crippen LogP contribution in [0.5, 0.6) is 0 Å². The van der Waals surface area contributed by atoms with E-state index in [2.05, 4.69) is 0 Å². The van der Waals surface area contributed by atoms with Gasteiger partial charge in [-0.15, -0.1) is 0 Å². The van der Waals surface area contributed by atoms with Crippen LogP contribution in [0.3, 0.4) is 0 Å². The van der Waals surface area contributed by atoms with Gasteiger partial charge in [0.2, 0.25) is 0 Å². The van der Waals surface area contributed by atoms with Gasteiger partial charge in [0.05, 0.1) is 35.1 Å². The predicted octanol–water partition coefficient (Wildman–Crippen LogP) is 5.73. The second-order valence-corrected chi connectivity index (χ2v) is 7.85. The fraction of sp³-hybridized carbons (Fsp3) is 0.143. The zero-order valence-electron chi connectivity index (χ0n) is 18.9. The Morgan fingerprint density at radius 1 is 1.06 bits per heavy atom. The molecule has 0 radical (unpaired) electrons. The second kappa shape index (κ2) is 10.1. The summed E-state index contributed by atoms with van der Waals surface area (Å²) < 4.78 is 4.85. The molecule has 1 aromatic heterocycles. The van der Waals surface area contributed by atoms with E-state index in [-0.39, 0.29) is 5.92 Å². The van der Waals surface area contributed by atoms with E-state index in [1.54, 1.807) is 24.3 Å². The SMILES string of the molecule is C/C=C/c1ccc(-c2nc3cc(C(=O)OC)ccc3nc2C2C=CC(/C=C/C(=O)O)=CC2)cc1. The molecule has 1 aliphatic rings. The molecule has 1 N–H and O–H groups in total. The Morgan fingerprint density at radius 2 is 1.85 bits per heavy atom. The van der Waals surface area contributed by atoms with Crippen LogP contribution in [0, 0.1) is 0 Å². The number of fused-ring (bicyclic) bond motifs is 1. The Labute approximate surface area is 197 Å². The van der Waals surface area contributed by atoms with Crippen LogP contribution in [0.1, 0.15) is 40.9 Å². The maximum absolute atomic E-state index is 12.0. The summed E-state index contributed by atoms with van der Waals surface area (Å²) in [5.41, 5.74) is 6.14. The quantitative estimate of drug-likeness (QED) is 0.380. The topological polar surface area (TPSA) is 89.4 Å². The molecule has 0 aliphatic heterocycles. The third kappa shape index (κ3) is 5.02. The Balaban J connectivity index is 1.79. The van der Waals surface area contributed by atoms with Crippen LogP contribution in [0.2, 0.25) is 0 Å². The highest BCUT2D eigenvalue weighted by Gasteiger charge is 2.20. The fourth-order valence-electron chi connectivity index (χ4n) is 3.86. The third-order valence-corrected chi connectivity index (χ3v) is 5.55. The van der Waals surface area contributed by atoms with Gasteiger partial charge in [0.15, 0.2) is 0 Å². The van der Waals surface area contributed by atoms with Gasteiger partial charge in [-0.05, 0) is 48.8 Å². The van der Waals surface area contributed by atoms with Gasteiger partial charge in [-0.25, -0.2) is 19.6 Å². The highest BCUT2D eigenvalue weighted by atomic mass is 16.5. The number of allylic oxidation sites excluding steroid dienone is 6. The van der Waals surface area contributed by atoms with Crippen molar-refractivity contribution in [3.05, 3.63) is 101 Å². The van der Waals surface area contributed by atoms with E-state index in [1.165, 1.54) is 7.11 Å². The molecule has 1 aliphatic carbocycles. The van der Waals surface area contributed by atoms with E-state index in [1.807, 2.05) is 61.6 Å². The van der Waals surface area contributed by atoms with Crippen molar-refractivity contribution >= 4 is 29.0 Å². The lowest BCUT2D eigenvalue weighted by Crippen LogP contribution is -2.07. The molecule has 170 valence electrons. The molecule has 0 bridgehead atoms. The van der Waals surface area contributed by atoms with Gasteiger partial charge in [-0.3, -0.25) is 0 Å². The average Bonchev–Trinajstić information content (AvgIpc) is 2.87. The van der Waals surface area contributed by atoms with Crippen molar-refractivity contribution in [3.8, 4) is 11.3 Å². The summed E-state index contributed by atoms with van der Waals surface area (Å²) >= 11 is 0. The smallest absolute Gasteiger partial charge is 0.337 e. The molecule has 4 rings (SSSR count). The molecule has 0 saturated carbocycles. The molecule has 6 heteroatoms. The van der Waals surface area contributed by atoms with Crippen LogP contribution in [0.15, 0.2) is 84.5 Å². The Bertz CT molecular complexity index is 1370. The molecule has 0 saturated heterocycles. The first-order chi connectivity index (χ1) is 16.5. The largest absolute Gasteiger partial charge is 0.478 e. The fourth-order valence-corrected chi connectivity index (χ4v) is 3.86. The molecular formula is C28H24N2O4. The lowest BCUT2D eigenvalue weighted by molar-refractivity contribution is -0.131.